The van der Waals surface area contributed by atoms with Gasteiger partial charge in [-0.05, 0) is 49.4 Å². The third-order valence-corrected chi connectivity index (χ3v) is 4.85. The molecule has 110 valence electrons. The Morgan fingerprint density at radius 2 is 2.30 bits per heavy atom. The van der Waals surface area contributed by atoms with Crippen LogP contribution in [-0.2, 0) is 16.0 Å². The van der Waals surface area contributed by atoms with Crippen molar-refractivity contribution in [2.24, 2.45) is 5.92 Å². The molecule has 3 nitrogen and oxygen atoms in total. The maximum atomic E-state index is 11.7. The summed E-state index contributed by atoms with van der Waals surface area (Å²) in [6.45, 7) is 3.93. The molecule has 0 saturated carbocycles. The number of hydrogen-bond acceptors (Lipinski definition) is 3. The number of fused-ring (bicyclic) bond motifs is 1. The van der Waals surface area contributed by atoms with E-state index in [-0.39, 0.29) is 17.8 Å². The summed E-state index contributed by atoms with van der Waals surface area (Å²) in [7, 11) is 0. The van der Waals surface area contributed by atoms with Crippen LogP contribution in [0.2, 0.25) is 5.02 Å². The molecule has 0 fully saturated rings. The first-order valence-electron chi connectivity index (χ1n) is 6.76. The number of carbonyl (C=O) groups excluding carboxylic acids is 1. The van der Waals surface area contributed by atoms with Crippen LogP contribution in [0.25, 0.3) is 0 Å². The summed E-state index contributed by atoms with van der Waals surface area (Å²) >= 11 is 9.78. The van der Waals surface area contributed by atoms with Crippen LogP contribution in [0.1, 0.15) is 37.3 Å². The van der Waals surface area contributed by atoms with Crippen LogP contribution in [0.4, 0.5) is 0 Å². The zero-order chi connectivity index (χ0) is 14.9. The van der Waals surface area contributed by atoms with Gasteiger partial charge in [0.1, 0.15) is 0 Å². The van der Waals surface area contributed by atoms with Crippen LogP contribution in [-0.4, -0.2) is 23.8 Å². The Balaban J connectivity index is 2.32. The van der Waals surface area contributed by atoms with E-state index in [1.807, 2.05) is 12.1 Å². The fourth-order valence-corrected chi connectivity index (χ4v) is 3.95. The molecule has 2 rings (SSSR count). The van der Waals surface area contributed by atoms with Crippen LogP contribution in [0, 0.1) is 5.92 Å². The van der Waals surface area contributed by atoms with Gasteiger partial charge in [0.25, 0.3) is 0 Å². The number of hydrogen-bond donors (Lipinski definition) is 1. The number of carbonyl (C=O) groups is 1. The predicted molar refractivity (Wildman–Crippen MR) is 82.0 cm³/mol. The summed E-state index contributed by atoms with van der Waals surface area (Å²) in [5.74, 6) is -0.286. The van der Waals surface area contributed by atoms with Crippen LogP contribution in [0.15, 0.2) is 16.6 Å². The minimum atomic E-state index is -0.537. The van der Waals surface area contributed by atoms with Crippen molar-refractivity contribution in [1.82, 2.24) is 0 Å². The number of rotatable bonds is 4. The van der Waals surface area contributed by atoms with Crippen molar-refractivity contribution >= 4 is 33.5 Å². The van der Waals surface area contributed by atoms with Crippen molar-refractivity contribution in [1.29, 1.82) is 0 Å². The Labute approximate surface area is 132 Å². The fraction of sp³-hybridized carbons (Fsp3) is 0.533. The number of aliphatic hydroxyl groups is 1. The third-order valence-electron chi connectivity index (χ3n) is 3.81. The molecule has 1 N–H and O–H groups in total. The van der Waals surface area contributed by atoms with E-state index < -0.39 is 6.10 Å². The monoisotopic (exact) mass is 360 g/mol. The highest BCUT2D eigenvalue weighted by Crippen LogP contribution is 2.47. The Bertz CT molecular complexity index is 516. The minimum absolute atomic E-state index is 0.0280. The van der Waals surface area contributed by atoms with Gasteiger partial charge in [0, 0.05) is 21.8 Å². The minimum Gasteiger partial charge on any atom is -0.466 e. The van der Waals surface area contributed by atoms with Crippen molar-refractivity contribution in [3.63, 3.8) is 0 Å². The Morgan fingerprint density at radius 1 is 1.60 bits per heavy atom. The zero-order valence-corrected chi connectivity index (χ0v) is 13.9. The maximum Gasteiger partial charge on any atom is 0.306 e. The van der Waals surface area contributed by atoms with Crippen LogP contribution >= 0.6 is 27.5 Å². The summed E-state index contributed by atoms with van der Waals surface area (Å²) in [6, 6.07) is 3.74. The number of aliphatic hydroxyl groups excluding tert-OH is 1. The van der Waals surface area contributed by atoms with Gasteiger partial charge in [-0.15, -0.1) is 0 Å². The van der Waals surface area contributed by atoms with Gasteiger partial charge in [0.2, 0.25) is 0 Å². The molecule has 20 heavy (non-hydrogen) atoms. The topological polar surface area (TPSA) is 46.5 Å². The van der Waals surface area contributed by atoms with Gasteiger partial charge in [-0.1, -0.05) is 27.5 Å². The van der Waals surface area contributed by atoms with E-state index in [9.17, 15) is 9.90 Å². The molecule has 0 aliphatic heterocycles. The molecule has 0 aromatic heterocycles. The molecule has 1 aliphatic carbocycles. The first-order valence-corrected chi connectivity index (χ1v) is 7.93. The smallest absolute Gasteiger partial charge is 0.306 e. The SMILES string of the molecule is CCOC(=O)C[C@@H]1Cc2c(Cl)ccc(Br)c2[C@H]1C(C)O. The normalized spacial score (nSPS) is 22.4. The summed E-state index contributed by atoms with van der Waals surface area (Å²) in [4.78, 5) is 11.7. The molecule has 0 amide bonds. The van der Waals surface area contributed by atoms with Gasteiger partial charge in [-0.2, -0.15) is 0 Å². The molecule has 0 saturated heterocycles. The van der Waals surface area contributed by atoms with E-state index in [0.717, 1.165) is 15.6 Å². The summed E-state index contributed by atoms with van der Waals surface area (Å²) in [6.07, 6.45) is 0.466. The van der Waals surface area contributed by atoms with Gasteiger partial charge < -0.3 is 9.84 Å². The lowest BCUT2D eigenvalue weighted by molar-refractivity contribution is -0.144. The third kappa shape index (κ3) is 3.02. The quantitative estimate of drug-likeness (QED) is 0.832. The van der Waals surface area contributed by atoms with Crippen molar-refractivity contribution < 1.29 is 14.6 Å². The molecular formula is C15H18BrClO3. The fourth-order valence-electron chi connectivity index (χ4n) is 3.07. The van der Waals surface area contributed by atoms with E-state index in [2.05, 4.69) is 15.9 Å². The molecule has 1 aromatic carbocycles. The average molecular weight is 362 g/mol. The largest absolute Gasteiger partial charge is 0.466 e. The number of benzene rings is 1. The maximum absolute atomic E-state index is 11.7. The molecule has 3 atom stereocenters. The second-order valence-electron chi connectivity index (χ2n) is 5.16. The Hall–Kier alpha value is -0.580. The number of halogens is 2. The lowest BCUT2D eigenvalue weighted by atomic mass is 9.86. The lowest BCUT2D eigenvalue weighted by Gasteiger charge is -2.23. The van der Waals surface area contributed by atoms with Crippen molar-refractivity contribution in [2.75, 3.05) is 6.61 Å². The standard InChI is InChI=1S/C15H18BrClO3/c1-3-20-13(19)7-9-6-10-12(17)5-4-11(16)15(10)14(9)8(2)18/h4-5,8-9,14,18H,3,6-7H2,1-2H3/t8?,9-,14-/m0/s1. The number of ether oxygens (including phenoxy) is 1. The van der Waals surface area contributed by atoms with Gasteiger partial charge >= 0.3 is 5.97 Å². The summed E-state index contributed by atoms with van der Waals surface area (Å²) in [5.41, 5.74) is 2.06. The molecule has 1 unspecified atom stereocenters. The first-order chi connectivity index (χ1) is 9.45. The lowest BCUT2D eigenvalue weighted by Crippen LogP contribution is -2.23. The molecule has 0 spiro atoms. The second kappa shape index (κ2) is 6.46. The number of esters is 1. The molecule has 5 heteroatoms. The summed E-state index contributed by atoms with van der Waals surface area (Å²) in [5, 5.41) is 10.8. The van der Waals surface area contributed by atoms with E-state index in [4.69, 9.17) is 16.3 Å². The molecule has 1 aromatic rings. The molecule has 1 aliphatic rings. The Kier molecular flexibility index (Phi) is 5.10. The van der Waals surface area contributed by atoms with Crippen molar-refractivity contribution in [3.05, 3.63) is 32.8 Å². The highest BCUT2D eigenvalue weighted by molar-refractivity contribution is 9.10. The molecule has 0 heterocycles. The van der Waals surface area contributed by atoms with E-state index in [1.165, 1.54) is 0 Å². The van der Waals surface area contributed by atoms with E-state index >= 15 is 0 Å². The van der Waals surface area contributed by atoms with Gasteiger partial charge in [-0.3, -0.25) is 4.79 Å². The van der Waals surface area contributed by atoms with Crippen LogP contribution in [0.5, 0.6) is 0 Å². The van der Waals surface area contributed by atoms with Crippen molar-refractivity contribution in [3.8, 4) is 0 Å². The van der Waals surface area contributed by atoms with E-state index in [0.29, 0.717) is 24.5 Å². The Morgan fingerprint density at radius 3 is 2.90 bits per heavy atom. The molecule has 0 radical (unpaired) electrons. The zero-order valence-electron chi connectivity index (χ0n) is 11.5. The second-order valence-corrected chi connectivity index (χ2v) is 6.42. The molecular weight excluding hydrogens is 344 g/mol. The van der Waals surface area contributed by atoms with Crippen molar-refractivity contribution in [2.45, 2.75) is 38.7 Å². The van der Waals surface area contributed by atoms with Gasteiger partial charge in [0.05, 0.1) is 12.7 Å². The van der Waals surface area contributed by atoms with E-state index in [1.54, 1.807) is 13.8 Å². The average Bonchev–Trinajstić information content (AvgIpc) is 2.74. The highest BCUT2D eigenvalue weighted by Gasteiger charge is 2.39. The molecule has 0 bridgehead atoms. The summed E-state index contributed by atoms with van der Waals surface area (Å²) < 4.78 is 5.96. The van der Waals surface area contributed by atoms with Gasteiger partial charge in [0.15, 0.2) is 0 Å². The first kappa shape index (κ1) is 15.8. The highest BCUT2D eigenvalue weighted by atomic mass is 79.9. The van der Waals surface area contributed by atoms with Gasteiger partial charge in [-0.25, -0.2) is 0 Å². The predicted octanol–water partition coefficient (Wildman–Crippen LogP) is 3.69. The van der Waals surface area contributed by atoms with Crippen LogP contribution in [0.3, 0.4) is 0 Å². The van der Waals surface area contributed by atoms with Crippen LogP contribution < -0.4 is 0 Å².